The van der Waals surface area contributed by atoms with Crippen LogP contribution < -0.4 is 5.32 Å². The van der Waals surface area contributed by atoms with Crippen molar-refractivity contribution in [2.75, 3.05) is 13.1 Å². The molecule has 1 aliphatic carbocycles. The van der Waals surface area contributed by atoms with Gasteiger partial charge in [0.25, 0.3) is 0 Å². The minimum absolute atomic E-state index is 0.234. The quantitative estimate of drug-likeness (QED) is 0.798. The molecule has 110 valence electrons. The number of rotatable bonds is 1. The predicted octanol–water partition coefficient (Wildman–Crippen LogP) is 3.47. The van der Waals surface area contributed by atoms with Gasteiger partial charge in [0.2, 0.25) is 0 Å². The van der Waals surface area contributed by atoms with Crippen LogP contribution in [0.1, 0.15) is 43.8 Å². The van der Waals surface area contributed by atoms with E-state index in [2.05, 4.69) is 5.32 Å². The van der Waals surface area contributed by atoms with Crippen molar-refractivity contribution < 1.29 is 17.9 Å². The summed E-state index contributed by atoms with van der Waals surface area (Å²) < 4.78 is 45.8. The fourth-order valence-corrected chi connectivity index (χ4v) is 3.25. The SMILES string of the molecule is Fc1cc(C2CNCC3(CCCCC3)O2)cc(F)c1F. The third-order valence-electron chi connectivity index (χ3n) is 4.31. The van der Waals surface area contributed by atoms with E-state index in [1.54, 1.807) is 0 Å². The molecule has 1 aromatic carbocycles. The molecule has 20 heavy (non-hydrogen) atoms. The minimum atomic E-state index is -1.43. The first-order valence-electron chi connectivity index (χ1n) is 7.13. The highest BCUT2D eigenvalue weighted by Crippen LogP contribution is 2.38. The van der Waals surface area contributed by atoms with Crippen LogP contribution in [0.2, 0.25) is 0 Å². The van der Waals surface area contributed by atoms with Crippen LogP contribution in [0, 0.1) is 17.5 Å². The summed E-state index contributed by atoms with van der Waals surface area (Å²) in [6, 6.07) is 2.07. The zero-order chi connectivity index (χ0) is 14.2. The highest BCUT2D eigenvalue weighted by Gasteiger charge is 2.39. The second kappa shape index (κ2) is 5.37. The lowest BCUT2D eigenvalue weighted by atomic mass is 9.83. The lowest BCUT2D eigenvalue weighted by molar-refractivity contribution is -0.136. The van der Waals surface area contributed by atoms with Crippen molar-refractivity contribution in [2.24, 2.45) is 0 Å². The molecule has 0 radical (unpaired) electrons. The Labute approximate surface area is 116 Å². The van der Waals surface area contributed by atoms with Gasteiger partial charge in [-0.3, -0.25) is 0 Å². The average molecular weight is 285 g/mol. The summed E-state index contributed by atoms with van der Waals surface area (Å²) in [7, 11) is 0. The average Bonchev–Trinajstić information content (AvgIpc) is 2.45. The largest absolute Gasteiger partial charge is 0.364 e. The molecule has 2 aliphatic rings. The van der Waals surface area contributed by atoms with Crippen LogP contribution in [0.3, 0.4) is 0 Å². The summed E-state index contributed by atoms with van der Waals surface area (Å²) in [5.41, 5.74) is 0.126. The summed E-state index contributed by atoms with van der Waals surface area (Å²) in [6.45, 7) is 1.27. The zero-order valence-corrected chi connectivity index (χ0v) is 11.2. The van der Waals surface area contributed by atoms with Crippen molar-refractivity contribution in [2.45, 2.75) is 43.8 Å². The molecule has 1 heterocycles. The van der Waals surface area contributed by atoms with Crippen LogP contribution in [-0.2, 0) is 4.74 Å². The van der Waals surface area contributed by atoms with E-state index < -0.39 is 23.6 Å². The standard InChI is InChI=1S/C15H18F3NO/c16-11-6-10(7-12(17)14(11)18)13-8-19-9-15(20-13)4-2-1-3-5-15/h6-7,13,19H,1-5,8-9H2. The maximum atomic E-state index is 13.3. The molecular weight excluding hydrogens is 267 g/mol. The Kier molecular flexibility index (Phi) is 3.73. The number of morpholine rings is 1. The smallest absolute Gasteiger partial charge is 0.194 e. The van der Waals surface area contributed by atoms with E-state index in [1.807, 2.05) is 0 Å². The minimum Gasteiger partial charge on any atom is -0.364 e. The van der Waals surface area contributed by atoms with E-state index in [0.717, 1.165) is 44.4 Å². The van der Waals surface area contributed by atoms with E-state index in [9.17, 15) is 13.2 Å². The van der Waals surface area contributed by atoms with Crippen LogP contribution in [0.5, 0.6) is 0 Å². The maximum absolute atomic E-state index is 13.3. The molecule has 2 fully saturated rings. The van der Waals surface area contributed by atoms with Crippen molar-refractivity contribution in [3.8, 4) is 0 Å². The lowest BCUT2D eigenvalue weighted by Crippen LogP contribution is -2.51. The molecule has 1 N–H and O–H groups in total. The van der Waals surface area contributed by atoms with Crippen LogP contribution in [0.15, 0.2) is 12.1 Å². The molecule has 1 spiro atoms. The van der Waals surface area contributed by atoms with Gasteiger partial charge in [-0.05, 0) is 30.5 Å². The highest BCUT2D eigenvalue weighted by molar-refractivity contribution is 5.23. The molecule has 0 amide bonds. The first kappa shape index (κ1) is 13.9. The third kappa shape index (κ3) is 2.56. The van der Waals surface area contributed by atoms with E-state index in [1.165, 1.54) is 6.42 Å². The molecule has 1 aromatic rings. The van der Waals surface area contributed by atoms with Gasteiger partial charge < -0.3 is 10.1 Å². The van der Waals surface area contributed by atoms with Gasteiger partial charge in [-0.25, -0.2) is 13.2 Å². The molecule has 1 saturated heterocycles. The second-order valence-corrected chi connectivity index (χ2v) is 5.78. The number of benzene rings is 1. The van der Waals surface area contributed by atoms with Crippen LogP contribution in [-0.4, -0.2) is 18.7 Å². The number of nitrogens with one attached hydrogen (secondary N) is 1. The fourth-order valence-electron chi connectivity index (χ4n) is 3.25. The van der Waals surface area contributed by atoms with Crippen molar-refractivity contribution >= 4 is 0 Å². The summed E-state index contributed by atoms with van der Waals surface area (Å²) in [4.78, 5) is 0. The number of halogens is 3. The highest BCUT2D eigenvalue weighted by atomic mass is 19.2. The summed E-state index contributed by atoms with van der Waals surface area (Å²) in [6.07, 6.45) is 4.92. The zero-order valence-electron chi connectivity index (χ0n) is 11.2. The Morgan fingerprint density at radius 3 is 2.35 bits per heavy atom. The number of hydrogen-bond donors (Lipinski definition) is 1. The maximum Gasteiger partial charge on any atom is 0.194 e. The molecule has 5 heteroatoms. The van der Waals surface area contributed by atoms with Crippen molar-refractivity contribution in [1.82, 2.24) is 5.32 Å². The van der Waals surface area contributed by atoms with Crippen LogP contribution in [0.4, 0.5) is 13.2 Å². The molecule has 1 atom stereocenters. The molecule has 1 unspecified atom stereocenters. The Balaban J connectivity index is 1.83. The normalized spacial score (nSPS) is 25.9. The van der Waals surface area contributed by atoms with Gasteiger partial charge in [0, 0.05) is 13.1 Å². The first-order valence-corrected chi connectivity index (χ1v) is 7.13. The summed E-state index contributed by atoms with van der Waals surface area (Å²) >= 11 is 0. The first-order chi connectivity index (χ1) is 9.60. The van der Waals surface area contributed by atoms with E-state index in [0.29, 0.717) is 12.1 Å². The lowest BCUT2D eigenvalue weighted by Gasteiger charge is -2.44. The van der Waals surface area contributed by atoms with E-state index in [4.69, 9.17) is 4.74 Å². The monoisotopic (exact) mass is 285 g/mol. The Morgan fingerprint density at radius 1 is 1.05 bits per heavy atom. The molecule has 0 aromatic heterocycles. The summed E-state index contributed by atoms with van der Waals surface area (Å²) in [5.74, 6) is -3.75. The Morgan fingerprint density at radius 2 is 1.70 bits per heavy atom. The van der Waals surface area contributed by atoms with E-state index >= 15 is 0 Å². The second-order valence-electron chi connectivity index (χ2n) is 5.78. The van der Waals surface area contributed by atoms with Crippen LogP contribution >= 0.6 is 0 Å². The van der Waals surface area contributed by atoms with Crippen molar-refractivity contribution in [3.63, 3.8) is 0 Å². The van der Waals surface area contributed by atoms with Crippen molar-refractivity contribution in [3.05, 3.63) is 35.1 Å². The predicted molar refractivity (Wildman–Crippen MR) is 68.8 cm³/mol. The number of hydrogen-bond acceptors (Lipinski definition) is 2. The van der Waals surface area contributed by atoms with Crippen molar-refractivity contribution in [1.29, 1.82) is 0 Å². The topological polar surface area (TPSA) is 21.3 Å². The number of ether oxygens (including phenoxy) is 1. The van der Waals surface area contributed by atoms with Crippen LogP contribution in [0.25, 0.3) is 0 Å². The van der Waals surface area contributed by atoms with Gasteiger partial charge in [-0.15, -0.1) is 0 Å². The Hall–Kier alpha value is -1.07. The molecule has 3 rings (SSSR count). The Bertz CT molecular complexity index is 471. The third-order valence-corrected chi connectivity index (χ3v) is 4.31. The molecule has 1 aliphatic heterocycles. The molecular formula is C15H18F3NO. The van der Waals surface area contributed by atoms with E-state index in [-0.39, 0.29) is 5.60 Å². The molecule has 2 nitrogen and oxygen atoms in total. The van der Waals surface area contributed by atoms with Gasteiger partial charge in [-0.2, -0.15) is 0 Å². The van der Waals surface area contributed by atoms with Gasteiger partial charge in [0.05, 0.1) is 11.7 Å². The van der Waals surface area contributed by atoms with Gasteiger partial charge in [0.1, 0.15) is 0 Å². The molecule has 0 bridgehead atoms. The fraction of sp³-hybridized carbons (Fsp3) is 0.600. The van der Waals surface area contributed by atoms with Gasteiger partial charge in [0.15, 0.2) is 17.5 Å². The van der Waals surface area contributed by atoms with Gasteiger partial charge in [-0.1, -0.05) is 19.3 Å². The van der Waals surface area contributed by atoms with Gasteiger partial charge >= 0.3 is 0 Å². The summed E-state index contributed by atoms with van der Waals surface area (Å²) in [5, 5.41) is 3.28. The molecule has 1 saturated carbocycles.